The van der Waals surface area contributed by atoms with E-state index in [0.717, 1.165) is 18.5 Å². The molecule has 2 aromatic heterocycles. The SMILES string of the molecule is CC(C)n1nc(-c2cnc(N)c(OC(F)(F)F)c2)cc1[C@H]1[C@@H]2C[C@H](N3CC(F)C3)C[C@@H]21. The summed E-state index contributed by atoms with van der Waals surface area (Å²) < 4.78 is 57.1. The summed E-state index contributed by atoms with van der Waals surface area (Å²) in [7, 11) is 0. The van der Waals surface area contributed by atoms with E-state index in [4.69, 9.17) is 5.73 Å². The molecule has 168 valence electrons. The van der Waals surface area contributed by atoms with E-state index in [0.29, 0.717) is 48.1 Å². The molecule has 2 saturated carbocycles. The number of fused-ring (bicyclic) bond motifs is 1. The van der Waals surface area contributed by atoms with Crippen molar-refractivity contribution in [2.24, 2.45) is 11.8 Å². The molecule has 1 aliphatic heterocycles. The largest absolute Gasteiger partial charge is 0.573 e. The molecule has 3 heterocycles. The summed E-state index contributed by atoms with van der Waals surface area (Å²) in [6, 6.07) is 3.75. The Morgan fingerprint density at radius 2 is 1.84 bits per heavy atom. The summed E-state index contributed by atoms with van der Waals surface area (Å²) in [5.41, 5.74) is 7.62. The first-order valence-electron chi connectivity index (χ1n) is 10.6. The fourth-order valence-corrected chi connectivity index (χ4v) is 5.32. The molecule has 0 radical (unpaired) electrons. The molecule has 31 heavy (non-hydrogen) atoms. The Morgan fingerprint density at radius 1 is 1.16 bits per heavy atom. The fraction of sp³-hybridized carbons (Fsp3) is 0.619. The lowest BCUT2D eigenvalue weighted by Gasteiger charge is -2.40. The quantitative estimate of drug-likeness (QED) is 0.709. The summed E-state index contributed by atoms with van der Waals surface area (Å²) in [5, 5.41) is 4.67. The molecule has 0 spiro atoms. The van der Waals surface area contributed by atoms with Crippen molar-refractivity contribution < 1.29 is 22.3 Å². The zero-order valence-electron chi connectivity index (χ0n) is 17.3. The average Bonchev–Trinajstić information content (AvgIpc) is 3.03. The van der Waals surface area contributed by atoms with Gasteiger partial charge in [0.05, 0.1) is 5.69 Å². The minimum absolute atomic E-state index is 0.108. The molecule has 2 aromatic rings. The van der Waals surface area contributed by atoms with Gasteiger partial charge in [0.2, 0.25) is 0 Å². The van der Waals surface area contributed by atoms with Crippen LogP contribution in [0.3, 0.4) is 0 Å². The maximum atomic E-state index is 13.2. The lowest BCUT2D eigenvalue weighted by atomic mass is 9.99. The number of nitrogens with two attached hydrogens (primary N) is 1. The number of nitrogens with zero attached hydrogens (tertiary/aromatic N) is 4. The second-order valence-electron chi connectivity index (χ2n) is 9.18. The summed E-state index contributed by atoms with van der Waals surface area (Å²) in [6.45, 7) is 5.16. The number of hydrogen-bond donors (Lipinski definition) is 1. The highest BCUT2D eigenvalue weighted by Gasteiger charge is 2.59. The molecule has 0 bridgehead atoms. The summed E-state index contributed by atoms with van der Waals surface area (Å²) >= 11 is 0. The van der Waals surface area contributed by atoms with Crippen LogP contribution in [0.1, 0.15) is 44.3 Å². The smallest absolute Gasteiger partial charge is 0.402 e. The highest BCUT2D eigenvalue weighted by Crippen LogP contribution is 2.64. The molecule has 0 unspecified atom stereocenters. The molecule has 4 atom stereocenters. The number of halogens is 4. The van der Waals surface area contributed by atoms with Gasteiger partial charge in [0, 0.05) is 48.5 Å². The highest BCUT2D eigenvalue weighted by atomic mass is 19.4. The van der Waals surface area contributed by atoms with E-state index in [-0.39, 0.29) is 11.9 Å². The zero-order chi connectivity index (χ0) is 22.1. The van der Waals surface area contributed by atoms with E-state index >= 15 is 0 Å². The number of aromatic nitrogens is 3. The van der Waals surface area contributed by atoms with Crippen molar-refractivity contribution in [1.82, 2.24) is 19.7 Å². The number of ether oxygens (including phenoxy) is 1. The fourth-order valence-electron chi connectivity index (χ4n) is 5.32. The normalized spacial score (nSPS) is 28.6. The molecule has 5 rings (SSSR count). The topological polar surface area (TPSA) is 69.2 Å². The first-order chi connectivity index (χ1) is 14.6. The van der Waals surface area contributed by atoms with Crippen LogP contribution in [0, 0.1) is 11.8 Å². The van der Waals surface area contributed by atoms with Gasteiger partial charge < -0.3 is 10.5 Å². The molecule has 6 nitrogen and oxygen atoms in total. The molecular weight excluding hydrogens is 414 g/mol. The van der Waals surface area contributed by atoms with E-state index in [1.807, 2.05) is 24.6 Å². The molecule has 3 fully saturated rings. The first kappa shape index (κ1) is 20.5. The van der Waals surface area contributed by atoms with Crippen LogP contribution in [0.2, 0.25) is 0 Å². The van der Waals surface area contributed by atoms with Gasteiger partial charge in [0.1, 0.15) is 6.17 Å². The number of likely N-dealkylation sites (tertiary alicyclic amines) is 1. The Labute approximate surface area is 177 Å². The molecule has 1 saturated heterocycles. The Kier molecular flexibility index (Phi) is 4.69. The van der Waals surface area contributed by atoms with Crippen LogP contribution in [0.4, 0.5) is 23.4 Å². The minimum Gasteiger partial charge on any atom is -0.402 e. The molecular formula is C21H25F4N5O. The van der Waals surface area contributed by atoms with Crippen LogP contribution in [0.15, 0.2) is 18.3 Å². The van der Waals surface area contributed by atoms with E-state index in [9.17, 15) is 17.6 Å². The van der Waals surface area contributed by atoms with Gasteiger partial charge in [-0.2, -0.15) is 5.10 Å². The van der Waals surface area contributed by atoms with Crippen LogP contribution in [0.5, 0.6) is 5.75 Å². The van der Waals surface area contributed by atoms with Gasteiger partial charge in [-0.15, -0.1) is 13.2 Å². The highest BCUT2D eigenvalue weighted by molar-refractivity contribution is 5.64. The number of nitrogen functional groups attached to an aromatic ring is 1. The van der Waals surface area contributed by atoms with Crippen LogP contribution >= 0.6 is 0 Å². The van der Waals surface area contributed by atoms with Crippen molar-refractivity contribution in [2.75, 3.05) is 18.8 Å². The predicted molar refractivity (Wildman–Crippen MR) is 106 cm³/mol. The first-order valence-corrected chi connectivity index (χ1v) is 10.6. The molecule has 0 amide bonds. The van der Waals surface area contributed by atoms with Crippen molar-refractivity contribution in [1.29, 1.82) is 0 Å². The Hall–Kier alpha value is -2.36. The second-order valence-corrected chi connectivity index (χ2v) is 9.18. The predicted octanol–water partition coefficient (Wildman–Crippen LogP) is 4.15. The lowest BCUT2D eigenvalue weighted by molar-refractivity contribution is -0.274. The lowest BCUT2D eigenvalue weighted by Crippen LogP contribution is -2.53. The number of alkyl halides is 4. The van der Waals surface area contributed by atoms with Gasteiger partial charge in [-0.25, -0.2) is 9.37 Å². The van der Waals surface area contributed by atoms with Crippen LogP contribution in [-0.4, -0.2) is 51.3 Å². The molecule has 2 aliphatic carbocycles. The van der Waals surface area contributed by atoms with Gasteiger partial charge in [0.15, 0.2) is 11.6 Å². The summed E-state index contributed by atoms with van der Waals surface area (Å²) in [5.74, 6) is 0.639. The number of anilines is 1. The molecule has 2 N–H and O–H groups in total. The van der Waals surface area contributed by atoms with E-state index in [2.05, 4.69) is 19.7 Å². The van der Waals surface area contributed by atoms with E-state index in [1.165, 1.54) is 12.3 Å². The standard InChI is InChI=1S/C21H25F4N5O/c1-10(2)30-17(19-14-4-13(5-15(14)19)29-8-12(22)9-29)6-16(28-30)11-3-18(20(26)27-7-11)31-21(23,24)25/h3,6-7,10,12-15,19H,4-5,8-9H2,1-2H3,(H2,26,27)/t13-,14+,15-,19-. The monoisotopic (exact) mass is 439 g/mol. The van der Waals surface area contributed by atoms with E-state index < -0.39 is 18.3 Å². The Balaban J connectivity index is 1.37. The van der Waals surface area contributed by atoms with Crippen molar-refractivity contribution >= 4 is 5.82 Å². The maximum absolute atomic E-state index is 13.2. The van der Waals surface area contributed by atoms with Gasteiger partial charge in [-0.3, -0.25) is 9.58 Å². The summed E-state index contributed by atoms with van der Waals surface area (Å²) in [6.07, 6.45) is -1.99. The van der Waals surface area contributed by atoms with Gasteiger partial charge in [-0.1, -0.05) is 0 Å². The average molecular weight is 439 g/mol. The van der Waals surface area contributed by atoms with Crippen LogP contribution < -0.4 is 10.5 Å². The second kappa shape index (κ2) is 7.08. The zero-order valence-corrected chi connectivity index (χ0v) is 17.3. The number of pyridine rings is 1. The van der Waals surface area contributed by atoms with Crippen LogP contribution in [0.25, 0.3) is 11.3 Å². The molecule has 0 aromatic carbocycles. The van der Waals surface area contributed by atoms with Crippen LogP contribution in [-0.2, 0) is 0 Å². The Bertz CT molecular complexity index is 973. The minimum atomic E-state index is -4.85. The third-order valence-corrected chi connectivity index (χ3v) is 6.80. The number of rotatable bonds is 5. The number of hydrogen-bond acceptors (Lipinski definition) is 5. The third kappa shape index (κ3) is 3.75. The van der Waals surface area contributed by atoms with E-state index in [1.54, 1.807) is 0 Å². The Morgan fingerprint density at radius 3 is 2.42 bits per heavy atom. The van der Waals surface area contributed by atoms with Gasteiger partial charge >= 0.3 is 6.36 Å². The van der Waals surface area contributed by atoms with Crippen molar-refractivity contribution in [3.8, 4) is 17.0 Å². The van der Waals surface area contributed by atoms with Gasteiger partial charge in [0.25, 0.3) is 0 Å². The van der Waals surface area contributed by atoms with Crippen molar-refractivity contribution in [3.63, 3.8) is 0 Å². The third-order valence-electron chi connectivity index (χ3n) is 6.80. The molecule has 3 aliphatic rings. The van der Waals surface area contributed by atoms with Gasteiger partial charge in [-0.05, 0) is 50.7 Å². The van der Waals surface area contributed by atoms with Crippen molar-refractivity contribution in [2.45, 2.75) is 57.2 Å². The van der Waals surface area contributed by atoms with Crippen molar-refractivity contribution in [3.05, 3.63) is 24.0 Å². The molecule has 10 heteroatoms. The summed E-state index contributed by atoms with van der Waals surface area (Å²) in [4.78, 5) is 6.10. The maximum Gasteiger partial charge on any atom is 0.573 e.